The van der Waals surface area contributed by atoms with Crippen LogP contribution in [0.25, 0.3) is 0 Å². The zero-order chi connectivity index (χ0) is 8.39. The molecular weight excluding hydrogens is 146 g/mol. The van der Waals surface area contributed by atoms with E-state index >= 15 is 0 Å². The molecule has 0 amide bonds. The fraction of sp³-hybridized carbons (Fsp3) is 0.818. The van der Waals surface area contributed by atoms with Gasteiger partial charge in [0.2, 0.25) is 0 Å². The van der Waals surface area contributed by atoms with E-state index in [9.17, 15) is 0 Å². The Morgan fingerprint density at radius 2 is 1.92 bits per heavy atom. The molecule has 12 heavy (non-hydrogen) atoms. The van der Waals surface area contributed by atoms with Crippen molar-refractivity contribution in [2.75, 3.05) is 13.1 Å². The van der Waals surface area contributed by atoms with Gasteiger partial charge in [-0.25, -0.2) is 0 Å². The van der Waals surface area contributed by atoms with Gasteiger partial charge in [-0.15, -0.1) is 0 Å². The molecule has 1 heteroatoms. The summed E-state index contributed by atoms with van der Waals surface area (Å²) in [5.41, 5.74) is 1.67. The fourth-order valence-corrected chi connectivity index (χ4v) is 2.22. The average Bonchev–Trinajstić information content (AvgIpc) is 2.03. The Kier molecular flexibility index (Phi) is 2.50. The summed E-state index contributed by atoms with van der Waals surface area (Å²) in [7, 11) is 0. The van der Waals surface area contributed by atoms with Crippen molar-refractivity contribution in [2.24, 2.45) is 0 Å². The molecule has 1 heterocycles. The van der Waals surface area contributed by atoms with E-state index in [0.29, 0.717) is 0 Å². The quantitative estimate of drug-likeness (QED) is 0.540. The highest BCUT2D eigenvalue weighted by atomic mass is 15.2. The van der Waals surface area contributed by atoms with Crippen LogP contribution in [-0.4, -0.2) is 24.0 Å². The molecule has 0 bridgehead atoms. The molecule has 68 valence electrons. The van der Waals surface area contributed by atoms with Crippen LogP contribution in [0, 0.1) is 0 Å². The Hall–Kier alpha value is -0.300. The number of hydrogen-bond acceptors (Lipinski definition) is 1. The summed E-state index contributed by atoms with van der Waals surface area (Å²) in [4.78, 5) is 2.69. The predicted molar refractivity (Wildman–Crippen MR) is 52.2 cm³/mol. The minimum absolute atomic E-state index is 0.961. The summed E-state index contributed by atoms with van der Waals surface area (Å²) in [5.74, 6) is 0. The highest BCUT2D eigenvalue weighted by Crippen LogP contribution is 2.28. The second-order valence-electron chi connectivity index (χ2n) is 4.07. The summed E-state index contributed by atoms with van der Waals surface area (Å²) in [5, 5.41) is 0. The predicted octanol–water partition coefficient (Wildman–Crippen LogP) is 2.58. The number of likely N-dealkylation sites (tertiary alicyclic amines) is 1. The van der Waals surface area contributed by atoms with Gasteiger partial charge in [-0.1, -0.05) is 18.1 Å². The average molecular weight is 165 g/mol. The van der Waals surface area contributed by atoms with Gasteiger partial charge in [0, 0.05) is 19.1 Å². The first-order chi connectivity index (χ1) is 5.90. The molecule has 0 radical (unpaired) electrons. The third kappa shape index (κ3) is 1.56. The van der Waals surface area contributed by atoms with Crippen LogP contribution in [0.4, 0.5) is 0 Å². The smallest absolute Gasteiger partial charge is 0.00955 e. The van der Waals surface area contributed by atoms with Crippen molar-refractivity contribution < 1.29 is 0 Å². The molecule has 0 aromatic rings. The first kappa shape index (κ1) is 8.31. The lowest BCUT2D eigenvalue weighted by Gasteiger charge is -2.40. The molecule has 1 aliphatic carbocycles. The molecule has 0 atom stereocenters. The van der Waals surface area contributed by atoms with Gasteiger partial charge in [-0.3, -0.25) is 4.90 Å². The van der Waals surface area contributed by atoms with Crippen LogP contribution in [0.2, 0.25) is 0 Å². The van der Waals surface area contributed by atoms with Crippen LogP contribution >= 0.6 is 0 Å². The molecule has 2 fully saturated rings. The van der Waals surface area contributed by atoms with Crippen molar-refractivity contribution in [3.05, 3.63) is 11.6 Å². The molecular formula is C11H19N. The zero-order valence-electron chi connectivity index (χ0n) is 8.05. The Bertz CT molecular complexity index is 169. The van der Waals surface area contributed by atoms with Crippen LogP contribution in [0.5, 0.6) is 0 Å². The normalized spacial score (nSPS) is 26.9. The van der Waals surface area contributed by atoms with Crippen LogP contribution in [0.1, 0.15) is 39.0 Å². The summed E-state index contributed by atoms with van der Waals surface area (Å²) in [6.07, 6.45) is 9.35. The van der Waals surface area contributed by atoms with E-state index in [1.165, 1.54) is 45.2 Å². The SMILES string of the molecule is CC=C1CCN(C2CCC2)CC1. The highest BCUT2D eigenvalue weighted by molar-refractivity contribution is 5.05. The fourth-order valence-electron chi connectivity index (χ4n) is 2.22. The van der Waals surface area contributed by atoms with Crippen LogP contribution in [0.15, 0.2) is 11.6 Å². The molecule has 0 aromatic heterocycles. The lowest BCUT2D eigenvalue weighted by molar-refractivity contribution is 0.118. The first-order valence-corrected chi connectivity index (χ1v) is 5.28. The van der Waals surface area contributed by atoms with Crippen LogP contribution < -0.4 is 0 Å². The minimum atomic E-state index is 0.961. The number of nitrogens with zero attached hydrogens (tertiary/aromatic N) is 1. The molecule has 1 saturated heterocycles. The topological polar surface area (TPSA) is 3.24 Å². The van der Waals surface area contributed by atoms with Gasteiger partial charge in [0.05, 0.1) is 0 Å². The van der Waals surface area contributed by atoms with Gasteiger partial charge in [0.15, 0.2) is 0 Å². The third-order valence-corrected chi connectivity index (χ3v) is 3.44. The molecule has 2 rings (SSSR count). The highest BCUT2D eigenvalue weighted by Gasteiger charge is 2.26. The van der Waals surface area contributed by atoms with E-state index in [0.717, 1.165) is 6.04 Å². The molecule has 0 spiro atoms. The van der Waals surface area contributed by atoms with Crippen molar-refractivity contribution >= 4 is 0 Å². The van der Waals surface area contributed by atoms with Crippen molar-refractivity contribution in [2.45, 2.75) is 45.1 Å². The maximum absolute atomic E-state index is 2.69. The van der Waals surface area contributed by atoms with Crippen molar-refractivity contribution in [1.29, 1.82) is 0 Å². The molecule has 0 N–H and O–H groups in total. The number of allylic oxidation sites excluding steroid dienone is 1. The van der Waals surface area contributed by atoms with Crippen LogP contribution in [-0.2, 0) is 0 Å². The lowest BCUT2D eigenvalue weighted by atomic mass is 9.89. The summed E-state index contributed by atoms with van der Waals surface area (Å²) in [6, 6.07) is 0.961. The lowest BCUT2D eigenvalue weighted by Crippen LogP contribution is -2.43. The molecule has 1 aliphatic heterocycles. The molecule has 1 saturated carbocycles. The Morgan fingerprint density at radius 3 is 2.33 bits per heavy atom. The maximum Gasteiger partial charge on any atom is 0.00955 e. The Morgan fingerprint density at radius 1 is 1.25 bits per heavy atom. The summed E-state index contributed by atoms with van der Waals surface area (Å²) in [6.45, 7) is 4.82. The second kappa shape index (κ2) is 3.61. The molecule has 0 aromatic carbocycles. The monoisotopic (exact) mass is 165 g/mol. The summed E-state index contributed by atoms with van der Waals surface area (Å²) >= 11 is 0. The molecule has 2 aliphatic rings. The van der Waals surface area contributed by atoms with E-state index in [2.05, 4.69) is 17.9 Å². The van der Waals surface area contributed by atoms with Gasteiger partial charge >= 0.3 is 0 Å². The van der Waals surface area contributed by atoms with Gasteiger partial charge < -0.3 is 0 Å². The van der Waals surface area contributed by atoms with Crippen LogP contribution in [0.3, 0.4) is 0 Å². The minimum Gasteiger partial charge on any atom is -0.300 e. The van der Waals surface area contributed by atoms with Crippen molar-refractivity contribution in [3.63, 3.8) is 0 Å². The summed E-state index contributed by atoms with van der Waals surface area (Å²) < 4.78 is 0. The van der Waals surface area contributed by atoms with E-state index in [1.807, 2.05) is 0 Å². The van der Waals surface area contributed by atoms with E-state index in [4.69, 9.17) is 0 Å². The number of piperidine rings is 1. The van der Waals surface area contributed by atoms with Gasteiger partial charge in [-0.05, 0) is 32.6 Å². The standard InChI is InChI=1S/C11H19N/c1-2-10-6-8-12(9-7-10)11-4-3-5-11/h2,11H,3-9H2,1H3. The van der Waals surface area contributed by atoms with Crippen molar-refractivity contribution in [3.8, 4) is 0 Å². The first-order valence-electron chi connectivity index (χ1n) is 5.28. The Labute approximate surface area is 75.4 Å². The van der Waals surface area contributed by atoms with Gasteiger partial charge in [-0.2, -0.15) is 0 Å². The largest absolute Gasteiger partial charge is 0.300 e. The molecule has 0 unspecified atom stereocenters. The van der Waals surface area contributed by atoms with E-state index < -0.39 is 0 Å². The number of hydrogen-bond donors (Lipinski definition) is 0. The van der Waals surface area contributed by atoms with Gasteiger partial charge in [0.1, 0.15) is 0 Å². The number of rotatable bonds is 1. The van der Waals surface area contributed by atoms with E-state index in [-0.39, 0.29) is 0 Å². The van der Waals surface area contributed by atoms with Gasteiger partial charge in [0.25, 0.3) is 0 Å². The Balaban J connectivity index is 1.81. The molecule has 1 nitrogen and oxygen atoms in total. The zero-order valence-corrected chi connectivity index (χ0v) is 8.05. The third-order valence-electron chi connectivity index (χ3n) is 3.44. The van der Waals surface area contributed by atoms with Crippen molar-refractivity contribution in [1.82, 2.24) is 4.90 Å². The van der Waals surface area contributed by atoms with E-state index in [1.54, 1.807) is 5.57 Å². The second-order valence-corrected chi connectivity index (χ2v) is 4.07. The maximum atomic E-state index is 2.69.